The fraction of sp³-hybridized carbons (Fsp3) is 0.143. The maximum absolute atomic E-state index is 13.5. The first kappa shape index (κ1) is 23.8. The minimum absolute atomic E-state index is 0.0464. The van der Waals surface area contributed by atoms with E-state index in [1.807, 2.05) is 30.5 Å². The molecule has 2 heterocycles. The number of likely N-dealkylation sites (tertiary alicyclic amines) is 1. The van der Waals surface area contributed by atoms with E-state index in [9.17, 15) is 19.1 Å². The van der Waals surface area contributed by atoms with E-state index in [0.717, 1.165) is 16.5 Å². The third-order valence-electron chi connectivity index (χ3n) is 6.45. The second-order valence-electron chi connectivity index (χ2n) is 8.50. The molecule has 6 nitrogen and oxygen atoms in total. The topological polar surface area (TPSA) is 82.6 Å². The number of nitrogens with zero attached hydrogens (tertiary/aromatic N) is 1. The van der Waals surface area contributed by atoms with Gasteiger partial charge < -0.3 is 19.7 Å². The molecule has 4 aromatic rings. The van der Waals surface area contributed by atoms with Crippen LogP contribution in [0.4, 0.5) is 4.39 Å². The van der Waals surface area contributed by atoms with E-state index in [1.54, 1.807) is 18.2 Å². The van der Waals surface area contributed by atoms with Crippen LogP contribution in [0.25, 0.3) is 16.7 Å². The molecule has 1 aliphatic rings. The molecule has 1 unspecified atom stereocenters. The summed E-state index contributed by atoms with van der Waals surface area (Å²) >= 11 is 3.43. The van der Waals surface area contributed by atoms with Crippen molar-refractivity contribution in [3.63, 3.8) is 0 Å². The van der Waals surface area contributed by atoms with Crippen molar-refractivity contribution in [1.29, 1.82) is 0 Å². The summed E-state index contributed by atoms with van der Waals surface area (Å²) in [4.78, 5) is 31.2. The summed E-state index contributed by atoms with van der Waals surface area (Å²) in [6.45, 7) is 0.246. The lowest BCUT2D eigenvalue weighted by atomic mass is 9.95. The molecule has 182 valence electrons. The van der Waals surface area contributed by atoms with E-state index in [0.29, 0.717) is 22.2 Å². The van der Waals surface area contributed by atoms with Crippen molar-refractivity contribution in [2.24, 2.45) is 0 Å². The van der Waals surface area contributed by atoms with Gasteiger partial charge >= 0.3 is 0 Å². The smallest absolute Gasteiger partial charge is 0.295 e. The van der Waals surface area contributed by atoms with Gasteiger partial charge in [0.25, 0.3) is 11.7 Å². The molecule has 1 amide bonds. The SMILES string of the molecule is COc1cc(C2/C(=C(/O)c3ccc(F)cc3)C(=O)C(=O)N2CCc2c[nH]c3ccccc23)ccc1Br. The summed E-state index contributed by atoms with van der Waals surface area (Å²) < 4.78 is 19.6. The molecular weight excluding hydrogens is 527 g/mol. The second kappa shape index (κ2) is 9.62. The molecular formula is C28H22BrFN2O4. The number of aliphatic hydroxyl groups excluding tert-OH is 1. The third kappa shape index (κ3) is 4.18. The summed E-state index contributed by atoms with van der Waals surface area (Å²) in [6, 6.07) is 17.4. The molecule has 2 N–H and O–H groups in total. The van der Waals surface area contributed by atoms with Crippen LogP contribution in [-0.2, 0) is 16.0 Å². The minimum Gasteiger partial charge on any atom is -0.507 e. The van der Waals surface area contributed by atoms with Crippen molar-refractivity contribution in [2.45, 2.75) is 12.5 Å². The number of fused-ring (bicyclic) bond motifs is 1. The number of methoxy groups -OCH3 is 1. The monoisotopic (exact) mass is 548 g/mol. The average molecular weight is 549 g/mol. The van der Waals surface area contributed by atoms with Gasteiger partial charge in [-0.3, -0.25) is 9.59 Å². The van der Waals surface area contributed by atoms with E-state index >= 15 is 0 Å². The number of H-pyrrole nitrogens is 1. The number of aromatic nitrogens is 1. The number of ether oxygens (including phenoxy) is 1. The standard InChI is InChI=1S/C28H22BrFN2O4/c1-36-23-14-17(8-11-21(23)29)25-24(26(33)16-6-9-19(30)10-7-16)27(34)28(35)32(25)13-12-18-15-31-22-5-3-2-4-20(18)22/h2-11,14-15,25,31,33H,12-13H2,1H3/b26-24-. The first-order chi connectivity index (χ1) is 17.4. The first-order valence-electron chi connectivity index (χ1n) is 11.3. The first-order valence-corrected chi connectivity index (χ1v) is 12.1. The van der Waals surface area contributed by atoms with Crippen LogP contribution in [0.1, 0.15) is 22.7 Å². The number of hydrogen-bond acceptors (Lipinski definition) is 4. The summed E-state index contributed by atoms with van der Waals surface area (Å²) in [7, 11) is 1.52. The highest BCUT2D eigenvalue weighted by atomic mass is 79.9. The Hall–Kier alpha value is -3.91. The zero-order valence-electron chi connectivity index (χ0n) is 19.3. The number of carbonyl (C=O) groups excluding carboxylic acids is 2. The molecule has 0 radical (unpaired) electrons. The molecule has 0 saturated carbocycles. The van der Waals surface area contributed by atoms with Gasteiger partial charge in [0.15, 0.2) is 0 Å². The molecule has 0 aliphatic carbocycles. The Morgan fingerprint density at radius 2 is 1.86 bits per heavy atom. The van der Waals surface area contributed by atoms with E-state index in [4.69, 9.17) is 4.74 Å². The minimum atomic E-state index is -0.845. The zero-order chi connectivity index (χ0) is 25.4. The molecule has 0 spiro atoms. The molecule has 0 bridgehead atoms. The Balaban J connectivity index is 1.59. The van der Waals surface area contributed by atoms with Crippen molar-refractivity contribution in [1.82, 2.24) is 9.88 Å². The van der Waals surface area contributed by atoms with Gasteiger partial charge in [-0.2, -0.15) is 0 Å². The highest BCUT2D eigenvalue weighted by molar-refractivity contribution is 9.10. The summed E-state index contributed by atoms with van der Waals surface area (Å²) in [5.41, 5.74) is 2.81. The number of hydrogen-bond donors (Lipinski definition) is 2. The van der Waals surface area contributed by atoms with E-state index < -0.39 is 23.5 Å². The van der Waals surface area contributed by atoms with Gasteiger partial charge in [-0.1, -0.05) is 24.3 Å². The Morgan fingerprint density at radius 3 is 2.61 bits per heavy atom. The zero-order valence-corrected chi connectivity index (χ0v) is 20.9. The molecule has 3 aromatic carbocycles. The number of halogens is 2. The van der Waals surface area contributed by atoms with Gasteiger partial charge in [0.05, 0.1) is 23.2 Å². The lowest BCUT2D eigenvalue weighted by Gasteiger charge is -2.26. The summed E-state index contributed by atoms with van der Waals surface area (Å²) in [5.74, 6) is -1.79. The van der Waals surface area contributed by atoms with Gasteiger partial charge in [-0.05, 0) is 75.9 Å². The van der Waals surface area contributed by atoms with Crippen LogP contribution in [0.3, 0.4) is 0 Å². The largest absolute Gasteiger partial charge is 0.507 e. The number of rotatable bonds is 6. The normalized spacial score (nSPS) is 17.2. The number of carbonyl (C=O) groups is 2. The Kier molecular flexibility index (Phi) is 6.36. The van der Waals surface area contributed by atoms with E-state index in [-0.39, 0.29) is 23.4 Å². The molecule has 1 aromatic heterocycles. The predicted molar refractivity (Wildman–Crippen MR) is 138 cm³/mol. The number of para-hydroxylation sites is 1. The Labute approximate surface area is 215 Å². The number of ketones is 1. The highest BCUT2D eigenvalue weighted by Crippen LogP contribution is 2.41. The number of aromatic amines is 1. The number of nitrogens with one attached hydrogen (secondary N) is 1. The Bertz CT molecular complexity index is 1510. The fourth-order valence-corrected chi connectivity index (χ4v) is 5.05. The lowest BCUT2D eigenvalue weighted by Crippen LogP contribution is -2.31. The van der Waals surface area contributed by atoms with Gasteiger partial charge in [-0.25, -0.2) is 4.39 Å². The molecule has 36 heavy (non-hydrogen) atoms. The van der Waals surface area contributed by atoms with Crippen LogP contribution in [0, 0.1) is 5.82 Å². The quantitative estimate of drug-likeness (QED) is 0.183. The van der Waals surface area contributed by atoms with Crippen molar-refractivity contribution in [3.8, 4) is 5.75 Å². The van der Waals surface area contributed by atoms with Gasteiger partial charge in [0, 0.05) is 29.2 Å². The number of aliphatic hydroxyl groups is 1. The van der Waals surface area contributed by atoms with Crippen molar-refractivity contribution in [2.75, 3.05) is 13.7 Å². The van der Waals surface area contributed by atoms with Gasteiger partial charge in [-0.15, -0.1) is 0 Å². The van der Waals surface area contributed by atoms with E-state index in [2.05, 4.69) is 20.9 Å². The maximum atomic E-state index is 13.5. The van der Waals surface area contributed by atoms with Crippen LogP contribution >= 0.6 is 15.9 Å². The third-order valence-corrected chi connectivity index (χ3v) is 7.10. The van der Waals surface area contributed by atoms with Crippen LogP contribution in [-0.4, -0.2) is 40.3 Å². The van der Waals surface area contributed by atoms with Crippen molar-refractivity contribution >= 4 is 44.3 Å². The summed E-state index contributed by atoms with van der Waals surface area (Å²) in [5, 5.41) is 12.2. The summed E-state index contributed by atoms with van der Waals surface area (Å²) in [6.07, 6.45) is 2.40. The van der Waals surface area contributed by atoms with E-state index in [1.165, 1.54) is 36.3 Å². The van der Waals surface area contributed by atoms with Crippen molar-refractivity contribution < 1.29 is 23.8 Å². The average Bonchev–Trinajstić information content (AvgIpc) is 3.41. The van der Waals surface area contributed by atoms with Crippen LogP contribution in [0.15, 0.2) is 83.0 Å². The molecule has 8 heteroatoms. The number of amides is 1. The number of benzene rings is 3. The molecule has 1 saturated heterocycles. The van der Waals surface area contributed by atoms with Crippen LogP contribution in [0.5, 0.6) is 5.75 Å². The molecule has 1 atom stereocenters. The second-order valence-corrected chi connectivity index (χ2v) is 9.36. The number of Topliss-reactive ketones (excluding diaryl/α,β-unsaturated/α-hetero) is 1. The maximum Gasteiger partial charge on any atom is 0.295 e. The predicted octanol–water partition coefficient (Wildman–Crippen LogP) is 5.74. The van der Waals surface area contributed by atoms with Gasteiger partial charge in [0.2, 0.25) is 0 Å². The fourth-order valence-electron chi connectivity index (χ4n) is 4.65. The van der Waals surface area contributed by atoms with Gasteiger partial charge in [0.1, 0.15) is 17.3 Å². The lowest BCUT2D eigenvalue weighted by molar-refractivity contribution is -0.139. The highest BCUT2D eigenvalue weighted by Gasteiger charge is 2.46. The molecule has 1 fully saturated rings. The van der Waals surface area contributed by atoms with Crippen LogP contribution in [0.2, 0.25) is 0 Å². The molecule has 5 rings (SSSR count). The Morgan fingerprint density at radius 1 is 1.11 bits per heavy atom. The van der Waals surface area contributed by atoms with Crippen LogP contribution < -0.4 is 4.74 Å². The molecule has 1 aliphatic heterocycles. The van der Waals surface area contributed by atoms with Crippen molar-refractivity contribution in [3.05, 3.63) is 105 Å².